The number of hydrogen-bond acceptors (Lipinski definition) is 1. The summed E-state index contributed by atoms with van der Waals surface area (Å²) in [7, 11) is 0. The van der Waals surface area contributed by atoms with Gasteiger partial charge in [-0.2, -0.15) is 0 Å². The highest BCUT2D eigenvalue weighted by Gasteiger charge is 2.12. The van der Waals surface area contributed by atoms with E-state index >= 15 is 0 Å². The Kier molecular flexibility index (Phi) is 3.30. The van der Waals surface area contributed by atoms with Crippen molar-refractivity contribution in [3.8, 4) is 0 Å². The summed E-state index contributed by atoms with van der Waals surface area (Å²) in [6, 6.07) is 10.1. The van der Waals surface area contributed by atoms with E-state index in [9.17, 15) is 5.11 Å². The third-order valence-electron chi connectivity index (χ3n) is 2.32. The molecule has 0 saturated carbocycles. The van der Waals surface area contributed by atoms with Crippen molar-refractivity contribution in [3.63, 3.8) is 0 Å². The molecule has 0 aliphatic heterocycles. The van der Waals surface area contributed by atoms with Crippen molar-refractivity contribution in [1.29, 1.82) is 0 Å². The molecule has 1 N–H and O–H groups in total. The van der Waals surface area contributed by atoms with E-state index in [-0.39, 0.29) is 12.0 Å². The van der Waals surface area contributed by atoms with E-state index in [0.717, 1.165) is 6.42 Å². The second-order valence-corrected chi connectivity index (χ2v) is 3.17. The molecule has 66 valence electrons. The first kappa shape index (κ1) is 9.27. The fraction of sp³-hybridized carbons (Fsp3) is 0.455. The second kappa shape index (κ2) is 4.27. The van der Waals surface area contributed by atoms with Crippen LogP contribution in [0.4, 0.5) is 0 Å². The molecule has 0 bridgehead atoms. The Hall–Kier alpha value is -0.820. The van der Waals surface area contributed by atoms with E-state index in [4.69, 9.17) is 0 Å². The zero-order valence-electron chi connectivity index (χ0n) is 7.70. The molecule has 0 heterocycles. The van der Waals surface area contributed by atoms with Gasteiger partial charge in [0.1, 0.15) is 0 Å². The fourth-order valence-electron chi connectivity index (χ4n) is 1.33. The van der Waals surface area contributed by atoms with Crippen LogP contribution in [-0.4, -0.2) is 11.2 Å². The van der Waals surface area contributed by atoms with Gasteiger partial charge in [0.05, 0.1) is 6.10 Å². The molecular formula is C11H16O. The number of rotatable bonds is 3. The standard InChI is InChI=1S/C11H16O/c1-3-11(12)9(2)10-7-5-4-6-8-10/h4-9,11-12H,3H2,1-2H3/t9-,11+/m0/s1. The van der Waals surface area contributed by atoms with Gasteiger partial charge in [0, 0.05) is 5.92 Å². The Morgan fingerprint density at radius 2 is 1.83 bits per heavy atom. The lowest BCUT2D eigenvalue weighted by Gasteiger charge is -2.17. The minimum atomic E-state index is -0.215. The molecule has 1 aromatic rings. The van der Waals surface area contributed by atoms with Gasteiger partial charge in [-0.05, 0) is 12.0 Å². The lowest BCUT2D eigenvalue weighted by atomic mass is 9.94. The first-order valence-corrected chi connectivity index (χ1v) is 4.48. The molecule has 1 heteroatoms. The van der Waals surface area contributed by atoms with Crippen molar-refractivity contribution in [2.75, 3.05) is 0 Å². The summed E-state index contributed by atoms with van der Waals surface area (Å²) in [4.78, 5) is 0. The molecule has 0 aliphatic carbocycles. The summed E-state index contributed by atoms with van der Waals surface area (Å²) in [6.45, 7) is 4.06. The SMILES string of the molecule is CC[C@@H](O)[C@@H](C)c1ccccc1. The average Bonchev–Trinajstić information content (AvgIpc) is 2.17. The van der Waals surface area contributed by atoms with Crippen LogP contribution in [0.5, 0.6) is 0 Å². The van der Waals surface area contributed by atoms with Gasteiger partial charge < -0.3 is 5.11 Å². The Morgan fingerprint density at radius 3 is 2.33 bits per heavy atom. The minimum Gasteiger partial charge on any atom is -0.393 e. The number of benzene rings is 1. The molecule has 12 heavy (non-hydrogen) atoms. The summed E-state index contributed by atoms with van der Waals surface area (Å²) in [5.74, 6) is 0.246. The van der Waals surface area contributed by atoms with Crippen LogP contribution in [0.3, 0.4) is 0 Å². The van der Waals surface area contributed by atoms with E-state index in [1.165, 1.54) is 5.56 Å². The highest BCUT2D eigenvalue weighted by Crippen LogP contribution is 2.20. The predicted molar refractivity (Wildman–Crippen MR) is 51.2 cm³/mol. The third-order valence-corrected chi connectivity index (χ3v) is 2.32. The van der Waals surface area contributed by atoms with Gasteiger partial charge >= 0.3 is 0 Å². The van der Waals surface area contributed by atoms with Crippen LogP contribution in [0, 0.1) is 0 Å². The predicted octanol–water partition coefficient (Wildman–Crippen LogP) is 2.56. The highest BCUT2D eigenvalue weighted by molar-refractivity contribution is 5.19. The Labute approximate surface area is 74.1 Å². The second-order valence-electron chi connectivity index (χ2n) is 3.17. The molecule has 0 aliphatic rings. The molecule has 0 amide bonds. The lowest BCUT2D eigenvalue weighted by Crippen LogP contribution is -2.14. The molecule has 1 nitrogen and oxygen atoms in total. The molecular weight excluding hydrogens is 148 g/mol. The van der Waals surface area contributed by atoms with Crippen LogP contribution in [0.1, 0.15) is 31.7 Å². The van der Waals surface area contributed by atoms with Crippen LogP contribution in [0.2, 0.25) is 0 Å². The van der Waals surface area contributed by atoms with Crippen molar-refractivity contribution in [1.82, 2.24) is 0 Å². The summed E-state index contributed by atoms with van der Waals surface area (Å²) < 4.78 is 0. The van der Waals surface area contributed by atoms with Gasteiger partial charge in [-0.1, -0.05) is 44.2 Å². The van der Waals surface area contributed by atoms with Gasteiger partial charge in [0.2, 0.25) is 0 Å². The van der Waals surface area contributed by atoms with E-state index in [0.29, 0.717) is 0 Å². The molecule has 1 aromatic carbocycles. The first-order valence-electron chi connectivity index (χ1n) is 4.48. The van der Waals surface area contributed by atoms with Crippen LogP contribution in [-0.2, 0) is 0 Å². The zero-order chi connectivity index (χ0) is 8.97. The van der Waals surface area contributed by atoms with E-state index in [1.807, 2.05) is 25.1 Å². The molecule has 0 fully saturated rings. The van der Waals surface area contributed by atoms with Crippen molar-refractivity contribution in [2.24, 2.45) is 0 Å². The van der Waals surface area contributed by atoms with Crippen LogP contribution < -0.4 is 0 Å². The van der Waals surface area contributed by atoms with Crippen LogP contribution in [0.25, 0.3) is 0 Å². The maximum Gasteiger partial charge on any atom is 0.0603 e. The number of aliphatic hydroxyl groups is 1. The van der Waals surface area contributed by atoms with Crippen LogP contribution in [0.15, 0.2) is 30.3 Å². The summed E-state index contributed by atoms with van der Waals surface area (Å²) in [5.41, 5.74) is 1.21. The molecule has 0 unspecified atom stereocenters. The summed E-state index contributed by atoms with van der Waals surface area (Å²) >= 11 is 0. The van der Waals surface area contributed by atoms with Crippen molar-refractivity contribution >= 4 is 0 Å². The summed E-state index contributed by atoms with van der Waals surface area (Å²) in [5, 5.41) is 9.58. The maximum absolute atomic E-state index is 9.58. The topological polar surface area (TPSA) is 20.2 Å². The van der Waals surface area contributed by atoms with Gasteiger partial charge in [0.25, 0.3) is 0 Å². The smallest absolute Gasteiger partial charge is 0.0603 e. The van der Waals surface area contributed by atoms with Gasteiger partial charge in [0.15, 0.2) is 0 Å². The maximum atomic E-state index is 9.58. The van der Waals surface area contributed by atoms with Gasteiger partial charge in [-0.3, -0.25) is 0 Å². The zero-order valence-corrected chi connectivity index (χ0v) is 7.70. The number of hydrogen-bond donors (Lipinski definition) is 1. The quantitative estimate of drug-likeness (QED) is 0.728. The molecule has 0 saturated heterocycles. The summed E-state index contributed by atoms with van der Waals surface area (Å²) in [6.07, 6.45) is 0.600. The van der Waals surface area contributed by atoms with Crippen LogP contribution >= 0.6 is 0 Å². The monoisotopic (exact) mass is 164 g/mol. The molecule has 2 atom stereocenters. The first-order chi connectivity index (χ1) is 5.75. The highest BCUT2D eigenvalue weighted by atomic mass is 16.3. The lowest BCUT2D eigenvalue weighted by molar-refractivity contribution is 0.145. The molecule has 0 spiro atoms. The van der Waals surface area contributed by atoms with Crippen molar-refractivity contribution in [3.05, 3.63) is 35.9 Å². The largest absolute Gasteiger partial charge is 0.393 e. The number of aliphatic hydroxyl groups excluding tert-OH is 1. The van der Waals surface area contributed by atoms with E-state index < -0.39 is 0 Å². The fourth-order valence-corrected chi connectivity index (χ4v) is 1.33. The van der Waals surface area contributed by atoms with E-state index in [1.54, 1.807) is 0 Å². The van der Waals surface area contributed by atoms with Gasteiger partial charge in [-0.15, -0.1) is 0 Å². The van der Waals surface area contributed by atoms with Gasteiger partial charge in [-0.25, -0.2) is 0 Å². The third kappa shape index (κ3) is 2.08. The molecule has 0 aromatic heterocycles. The Morgan fingerprint density at radius 1 is 1.25 bits per heavy atom. The van der Waals surface area contributed by atoms with Crippen molar-refractivity contribution < 1.29 is 5.11 Å². The van der Waals surface area contributed by atoms with Crippen molar-refractivity contribution in [2.45, 2.75) is 32.3 Å². The average molecular weight is 164 g/mol. The van der Waals surface area contributed by atoms with E-state index in [2.05, 4.69) is 19.1 Å². The molecule has 0 radical (unpaired) electrons. The molecule has 1 rings (SSSR count). The Balaban J connectivity index is 2.71. The Bertz CT molecular complexity index is 218. The normalized spacial score (nSPS) is 15.6. The minimum absolute atomic E-state index is 0.215.